The highest BCUT2D eigenvalue weighted by molar-refractivity contribution is 5.66. The summed E-state index contributed by atoms with van der Waals surface area (Å²) < 4.78 is 5.57. The molecule has 5 rings (SSSR count). The van der Waals surface area contributed by atoms with Gasteiger partial charge < -0.3 is 10.1 Å². The third-order valence-corrected chi connectivity index (χ3v) is 7.68. The van der Waals surface area contributed by atoms with Gasteiger partial charge in [-0.05, 0) is 80.8 Å². The van der Waals surface area contributed by atoms with Crippen molar-refractivity contribution in [2.24, 2.45) is 5.41 Å². The predicted molar refractivity (Wildman–Crippen MR) is 93.3 cm³/mol. The van der Waals surface area contributed by atoms with Gasteiger partial charge in [-0.2, -0.15) is 0 Å². The number of fused-ring (bicyclic) bond motifs is 1. The summed E-state index contributed by atoms with van der Waals surface area (Å²) in [5.74, 6) is 1.02. The summed E-state index contributed by atoms with van der Waals surface area (Å²) in [6.45, 7) is 5.02. The first-order chi connectivity index (χ1) is 11.2. The van der Waals surface area contributed by atoms with Gasteiger partial charge in [0, 0.05) is 23.2 Å². The van der Waals surface area contributed by atoms with E-state index in [0.717, 1.165) is 11.8 Å². The number of anilines is 1. The number of hydrogen-bond donors (Lipinski definition) is 1. The molecule has 1 saturated carbocycles. The number of methoxy groups -OCH3 is 1. The van der Waals surface area contributed by atoms with Gasteiger partial charge in [0.05, 0.1) is 7.11 Å². The summed E-state index contributed by atoms with van der Waals surface area (Å²) in [7, 11) is 1.79. The average Bonchev–Trinajstić information content (AvgIpc) is 3.15. The second-order valence-electron chi connectivity index (χ2n) is 8.20. The van der Waals surface area contributed by atoms with Gasteiger partial charge in [0.25, 0.3) is 0 Å². The Balaban J connectivity index is 1.70. The predicted octanol–water partition coefficient (Wildman–Crippen LogP) is 3.79. The van der Waals surface area contributed by atoms with Gasteiger partial charge in [0.2, 0.25) is 0 Å². The number of nitrogens with zero attached hydrogens (tertiary/aromatic N) is 1. The molecular weight excluding hydrogens is 284 g/mol. The highest BCUT2D eigenvalue weighted by Gasteiger charge is 2.66. The molecule has 1 aromatic rings. The molecule has 3 fully saturated rings. The van der Waals surface area contributed by atoms with Crippen molar-refractivity contribution < 1.29 is 4.74 Å². The molecule has 0 amide bonds. The number of rotatable bonds is 2. The SMILES string of the molecule is CC[C@@]12CCCN3CC[C@]4(c5cc(OC)ccc5N[C@@H]4CC1)[C@H]32. The molecule has 2 saturated heterocycles. The molecule has 3 heteroatoms. The molecule has 0 aromatic heterocycles. The highest BCUT2D eigenvalue weighted by Crippen LogP contribution is 2.64. The average molecular weight is 312 g/mol. The van der Waals surface area contributed by atoms with Crippen molar-refractivity contribution in [1.29, 1.82) is 0 Å². The van der Waals surface area contributed by atoms with Crippen LogP contribution < -0.4 is 10.1 Å². The first-order valence-electron chi connectivity index (χ1n) is 9.43. The minimum atomic E-state index is 0.318. The molecule has 1 aliphatic carbocycles. The van der Waals surface area contributed by atoms with Crippen LogP contribution in [0.1, 0.15) is 51.0 Å². The van der Waals surface area contributed by atoms with Gasteiger partial charge in [-0.3, -0.25) is 4.90 Å². The molecule has 1 aromatic carbocycles. The van der Waals surface area contributed by atoms with Crippen LogP contribution in [0.3, 0.4) is 0 Å². The van der Waals surface area contributed by atoms with Crippen molar-refractivity contribution in [3.05, 3.63) is 23.8 Å². The molecule has 4 atom stereocenters. The van der Waals surface area contributed by atoms with Crippen LogP contribution in [0.15, 0.2) is 18.2 Å². The molecule has 3 nitrogen and oxygen atoms in total. The molecule has 1 N–H and O–H groups in total. The molecule has 23 heavy (non-hydrogen) atoms. The highest BCUT2D eigenvalue weighted by atomic mass is 16.5. The smallest absolute Gasteiger partial charge is 0.119 e. The first-order valence-corrected chi connectivity index (χ1v) is 9.43. The summed E-state index contributed by atoms with van der Waals surface area (Å²) in [5, 5.41) is 3.90. The molecule has 4 aliphatic rings. The Morgan fingerprint density at radius 1 is 1.26 bits per heavy atom. The fourth-order valence-electron chi connectivity index (χ4n) is 6.75. The second-order valence-corrected chi connectivity index (χ2v) is 8.20. The van der Waals surface area contributed by atoms with Crippen LogP contribution >= 0.6 is 0 Å². The van der Waals surface area contributed by atoms with Gasteiger partial charge in [0.1, 0.15) is 5.75 Å². The van der Waals surface area contributed by atoms with E-state index in [9.17, 15) is 0 Å². The third-order valence-electron chi connectivity index (χ3n) is 7.68. The Kier molecular flexibility index (Phi) is 2.87. The number of ether oxygens (including phenoxy) is 1. The summed E-state index contributed by atoms with van der Waals surface area (Å²) in [6, 6.07) is 8.05. The summed E-state index contributed by atoms with van der Waals surface area (Å²) in [6.07, 6.45) is 8.20. The van der Waals surface area contributed by atoms with Crippen LogP contribution in [0.25, 0.3) is 0 Å². The standard InChI is InChI=1S/C20H28N2O/c1-3-19-8-4-11-22-12-10-20(18(19)22)15-13-14(23-2)5-6-16(15)21-17(20)7-9-19/h5-6,13,17-18,21H,3-4,7-12H2,1-2H3/t17-,18-,19-,20-/m1/s1. The number of piperidine rings is 1. The number of nitrogens with one attached hydrogen (secondary N) is 1. The van der Waals surface area contributed by atoms with Crippen LogP contribution in [-0.4, -0.2) is 37.2 Å². The van der Waals surface area contributed by atoms with E-state index in [1.807, 2.05) is 0 Å². The minimum absolute atomic E-state index is 0.318. The van der Waals surface area contributed by atoms with Crippen molar-refractivity contribution in [2.75, 3.05) is 25.5 Å². The van der Waals surface area contributed by atoms with Gasteiger partial charge in [-0.1, -0.05) is 6.92 Å². The molecule has 0 radical (unpaired) electrons. The van der Waals surface area contributed by atoms with Gasteiger partial charge >= 0.3 is 0 Å². The van der Waals surface area contributed by atoms with Crippen molar-refractivity contribution in [3.8, 4) is 5.75 Å². The Labute approximate surface area is 139 Å². The van der Waals surface area contributed by atoms with E-state index in [1.165, 1.54) is 57.3 Å². The van der Waals surface area contributed by atoms with Crippen molar-refractivity contribution in [1.82, 2.24) is 4.90 Å². The lowest BCUT2D eigenvalue weighted by Gasteiger charge is -2.58. The van der Waals surface area contributed by atoms with E-state index in [4.69, 9.17) is 4.74 Å². The number of hydrogen-bond acceptors (Lipinski definition) is 3. The molecule has 3 aliphatic heterocycles. The fraction of sp³-hybridized carbons (Fsp3) is 0.700. The van der Waals surface area contributed by atoms with Crippen LogP contribution in [0, 0.1) is 5.41 Å². The zero-order valence-electron chi connectivity index (χ0n) is 14.4. The zero-order valence-corrected chi connectivity index (χ0v) is 14.4. The quantitative estimate of drug-likeness (QED) is 0.899. The van der Waals surface area contributed by atoms with E-state index >= 15 is 0 Å². The molecule has 124 valence electrons. The number of benzene rings is 1. The molecule has 1 spiro atoms. The summed E-state index contributed by atoms with van der Waals surface area (Å²) in [5.41, 5.74) is 3.78. The normalized spacial score (nSPS) is 41.0. The third kappa shape index (κ3) is 1.60. The van der Waals surface area contributed by atoms with Gasteiger partial charge in [-0.25, -0.2) is 0 Å². The maximum Gasteiger partial charge on any atom is 0.119 e. The molecule has 3 heterocycles. The lowest BCUT2D eigenvalue weighted by Crippen LogP contribution is -2.63. The Hall–Kier alpha value is -1.22. The summed E-state index contributed by atoms with van der Waals surface area (Å²) in [4.78, 5) is 2.84. The lowest BCUT2D eigenvalue weighted by molar-refractivity contribution is -0.0309. The van der Waals surface area contributed by atoms with Crippen molar-refractivity contribution in [2.45, 2.75) is 62.9 Å². The van der Waals surface area contributed by atoms with E-state index in [0.29, 0.717) is 16.9 Å². The second kappa shape index (κ2) is 4.66. The maximum atomic E-state index is 5.57. The topological polar surface area (TPSA) is 24.5 Å². The molecule has 0 unspecified atom stereocenters. The Morgan fingerprint density at radius 3 is 3.00 bits per heavy atom. The first kappa shape index (κ1) is 14.2. The Morgan fingerprint density at radius 2 is 2.17 bits per heavy atom. The van der Waals surface area contributed by atoms with Crippen molar-refractivity contribution in [3.63, 3.8) is 0 Å². The van der Waals surface area contributed by atoms with Gasteiger partial charge in [0.15, 0.2) is 0 Å². The largest absolute Gasteiger partial charge is 0.497 e. The monoisotopic (exact) mass is 312 g/mol. The maximum absolute atomic E-state index is 5.57. The van der Waals surface area contributed by atoms with Crippen LogP contribution in [0.2, 0.25) is 0 Å². The molecular formula is C20H28N2O. The van der Waals surface area contributed by atoms with Crippen LogP contribution in [-0.2, 0) is 5.41 Å². The summed E-state index contributed by atoms with van der Waals surface area (Å²) >= 11 is 0. The van der Waals surface area contributed by atoms with E-state index in [1.54, 1.807) is 12.7 Å². The Bertz CT molecular complexity index is 645. The zero-order chi connectivity index (χ0) is 15.7. The van der Waals surface area contributed by atoms with Crippen LogP contribution in [0.5, 0.6) is 5.75 Å². The van der Waals surface area contributed by atoms with Gasteiger partial charge in [-0.15, -0.1) is 0 Å². The van der Waals surface area contributed by atoms with E-state index in [-0.39, 0.29) is 0 Å². The van der Waals surface area contributed by atoms with E-state index in [2.05, 4.69) is 35.3 Å². The molecule has 0 bridgehead atoms. The van der Waals surface area contributed by atoms with Crippen LogP contribution in [0.4, 0.5) is 5.69 Å². The van der Waals surface area contributed by atoms with Crippen molar-refractivity contribution >= 4 is 5.69 Å². The minimum Gasteiger partial charge on any atom is -0.497 e. The fourth-order valence-corrected chi connectivity index (χ4v) is 6.75. The van der Waals surface area contributed by atoms with E-state index < -0.39 is 0 Å². The lowest BCUT2D eigenvalue weighted by atomic mass is 9.52.